The van der Waals surface area contributed by atoms with E-state index in [2.05, 4.69) is 191 Å². The standard InChI is InChI=1S/C45H33N3/c1-46-30-47(44-25-12-11-24-43(44)46)34-17-13-14-31(28-34)45(39-21-8-5-18-35(39)36-19-6-9-22-40(36)45)32-26-27-42-38(29-32)37-20-7-10-23-41(37)48(42)33-15-3-2-4-16-33/h2-29H,30H2,1H3. The zero-order valence-electron chi connectivity index (χ0n) is 26.7. The van der Waals surface area contributed by atoms with E-state index < -0.39 is 5.41 Å². The van der Waals surface area contributed by atoms with Crippen LogP contribution < -0.4 is 9.80 Å². The lowest BCUT2D eigenvalue weighted by molar-refractivity contribution is 0.769. The molecule has 1 aromatic heterocycles. The number of aromatic nitrogens is 1. The highest BCUT2D eigenvalue weighted by molar-refractivity contribution is 6.10. The van der Waals surface area contributed by atoms with Crippen molar-refractivity contribution in [1.82, 2.24) is 4.57 Å². The fourth-order valence-electron chi connectivity index (χ4n) is 8.59. The molecule has 0 saturated carbocycles. The normalized spacial score (nSPS) is 14.4. The molecule has 0 N–H and O–H groups in total. The molecule has 10 rings (SSSR count). The molecule has 1 aliphatic carbocycles. The van der Waals surface area contributed by atoms with Gasteiger partial charge in [0.1, 0.15) is 0 Å². The minimum Gasteiger partial charge on any atom is -0.355 e. The van der Waals surface area contributed by atoms with Crippen LogP contribution in [0.5, 0.6) is 0 Å². The first-order chi connectivity index (χ1) is 23.7. The summed E-state index contributed by atoms with van der Waals surface area (Å²) in [5, 5.41) is 2.53. The number of rotatable bonds is 4. The molecule has 0 atom stereocenters. The van der Waals surface area contributed by atoms with Crippen LogP contribution in [-0.2, 0) is 5.41 Å². The van der Waals surface area contributed by atoms with Crippen molar-refractivity contribution in [3.05, 3.63) is 192 Å². The van der Waals surface area contributed by atoms with Crippen LogP contribution in [0.2, 0.25) is 0 Å². The van der Waals surface area contributed by atoms with Gasteiger partial charge in [-0.15, -0.1) is 0 Å². The van der Waals surface area contributed by atoms with Crippen LogP contribution in [0.4, 0.5) is 17.1 Å². The van der Waals surface area contributed by atoms with Crippen LogP contribution in [0.3, 0.4) is 0 Å². The minimum absolute atomic E-state index is 0.502. The van der Waals surface area contributed by atoms with Crippen molar-refractivity contribution in [2.24, 2.45) is 0 Å². The van der Waals surface area contributed by atoms with E-state index in [1.807, 2.05) is 0 Å². The van der Waals surface area contributed by atoms with Crippen molar-refractivity contribution in [3.63, 3.8) is 0 Å². The molecule has 48 heavy (non-hydrogen) atoms. The summed E-state index contributed by atoms with van der Waals surface area (Å²) in [6, 6.07) is 62.8. The first kappa shape index (κ1) is 27.1. The Bertz CT molecular complexity index is 2480. The van der Waals surface area contributed by atoms with Gasteiger partial charge >= 0.3 is 0 Å². The average molecular weight is 616 g/mol. The van der Waals surface area contributed by atoms with Crippen LogP contribution >= 0.6 is 0 Å². The van der Waals surface area contributed by atoms with Gasteiger partial charge in [-0.1, -0.05) is 115 Å². The molecule has 7 aromatic carbocycles. The summed E-state index contributed by atoms with van der Waals surface area (Å²) < 4.78 is 2.40. The van der Waals surface area contributed by atoms with E-state index in [-0.39, 0.29) is 0 Å². The summed E-state index contributed by atoms with van der Waals surface area (Å²) >= 11 is 0. The fourth-order valence-corrected chi connectivity index (χ4v) is 8.59. The monoisotopic (exact) mass is 615 g/mol. The van der Waals surface area contributed by atoms with E-state index in [4.69, 9.17) is 0 Å². The van der Waals surface area contributed by atoms with E-state index in [0.29, 0.717) is 0 Å². The Morgan fingerprint density at radius 2 is 1.06 bits per heavy atom. The highest BCUT2D eigenvalue weighted by Gasteiger charge is 2.46. The van der Waals surface area contributed by atoms with Gasteiger partial charge in [0.15, 0.2) is 0 Å². The molecule has 0 unspecified atom stereocenters. The molecule has 0 radical (unpaired) electrons. The Morgan fingerprint density at radius 1 is 0.458 bits per heavy atom. The van der Waals surface area contributed by atoms with Crippen molar-refractivity contribution < 1.29 is 0 Å². The van der Waals surface area contributed by atoms with Crippen molar-refractivity contribution in [2.75, 3.05) is 23.5 Å². The van der Waals surface area contributed by atoms with Crippen LogP contribution in [0.25, 0.3) is 38.6 Å². The van der Waals surface area contributed by atoms with Gasteiger partial charge in [0, 0.05) is 29.2 Å². The molecule has 2 heterocycles. The number of hydrogen-bond donors (Lipinski definition) is 0. The number of nitrogens with zero attached hydrogens (tertiary/aromatic N) is 3. The summed E-state index contributed by atoms with van der Waals surface area (Å²) in [5.74, 6) is 0. The Labute approximate surface area is 280 Å². The summed E-state index contributed by atoms with van der Waals surface area (Å²) in [6.07, 6.45) is 0. The molecule has 0 bridgehead atoms. The first-order valence-corrected chi connectivity index (χ1v) is 16.7. The molecule has 228 valence electrons. The minimum atomic E-state index is -0.502. The molecule has 3 heteroatoms. The predicted molar refractivity (Wildman–Crippen MR) is 200 cm³/mol. The van der Waals surface area contributed by atoms with Crippen LogP contribution in [-0.4, -0.2) is 18.3 Å². The Morgan fingerprint density at radius 3 is 1.85 bits per heavy atom. The zero-order valence-corrected chi connectivity index (χ0v) is 26.7. The van der Waals surface area contributed by atoms with Crippen molar-refractivity contribution in [2.45, 2.75) is 5.41 Å². The second-order valence-electron chi connectivity index (χ2n) is 13.1. The summed E-state index contributed by atoms with van der Waals surface area (Å²) in [4.78, 5) is 4.77. The van der Waals surface area contributed by atoms with Crippen LogP contribution in [0.1, 0.15) is 22.3 Å². The van der Waals surface area contributed by atoms with Crippen LogP contribution in [0.15, 0.2) is 170 Å². The molecule has 0 saturated heterocycles. The van der Waals surface area contributed by atoms with Gasteiger partial charge in [-0.2, -0.15) is 0 Å². The highest BCUT2D eigenvalue weighted by atomic mass is 15.4. The Kier molecular flexibility index (Phi) is 5.77. The number of benzene rings is 7. The lowest BCUT2D eigenvalue weighted by Gasteiger charge is -2.35. The van der Waals surface area contributed by atoms with Gasteiger partial charge < -0.3 is 14.4 Å². The zero-order chi connectivity index (χ0) is 31.8. The third-order valence-electron chi connectivity index (χ3n) is 10.6. The van der Waals surface area contributed by atoms with Gasteiger partial charge in [0.25, 0.3) is 0 Å². The van der Waals surface area contributed by atoms with E-state index in [1.54, 1.807) is 0 Å². The van der Waals surface area contributed by atoms with Gasteiger partial charge in [0.05, 0.1) is 34.5 Å². The molecule has 2 aliphatic rings. The van der Waals surface area contributed by atoms with Gasteiger partial charge in [-0.3, -0.25) is 0 Å². The molecule has 0 amide bonds. The van der Waals surface area contributed by atoms with Gasteiger partial charge in [0.2, 0.25) is 0 Å². The SMILES string of the molecule is CN1CN(c2cccc(C3(c4ccc5c(c4)c4ccccc4n5-c4ccccc4)c4ccccc4-c4ccccc43)c2)c2ccccc21. The maximum Gasteiger partial charge on any atom is 0.0950 e. The van der Waals surface area contributed by atoms with E-state index in [9.17, 15) is 0 Å². The van der Waals surface area contributed by atoms with Crippen molar-refractivity contribution >= 4 is 38.9 Å². The van der Waals surface area contributed by atoms with E-state index in [0.717, 1.165) is 6.67 Å². The quantitative estimate of drug-likeness (QED) is 0.195. The third-order valence-corrected chi connectivity index (χ3v) is 10.6. The average Bonchev–Trinajstić information content (AvgIpc) is 3.78. The molecular weight excluding hydrogens is 583 g/mol. The number of hydrogen-bond acceptors (Lipinski definition) is 2. The second-order valence-corrected chi connectivity index (χ2v) is 13.1. The lowest BCUT2D eigenvalue weighted by atomic mass is 9.67. The van der Waals surface area contributed by atoms with Crippen molar-refractivity contribution in [3.8, 4) is 16.8 Å². The number of fused-ring (bicyclic) bond motifs is 7. The second kappa shape index (κ2) is 10.2. The predicted octanol–water partition coefficient (Wildman–Crippen LogP) is 10.7. The molecular formula is C45H33N3. The smallest absolute Gasteiger partial charge is 0.0950 e. The topological polar surface area (TPSA) is 11.4 Å². The molecule has 3 nitrogen and oxygen atoms in total. The van der Waals surface area contributed by atoms with E-state index >= 15 is 0 Å². The fraction of sp³-hybridized carbons (Fsp3) is 0.0667. The molecule has 0 fully saturated rings. The Balaban J connectivity index is 1.27. The Hall–Kier alpha value is -6.06. The van der Waals surface area contributed by atoms with Crippen molar-refractivity contribution in [1.29, 1.82) is 0 Å². The summed E-state index contributed by atoms with van der Waals surface area (Å²) in [5.41, 5.74) is 14.6. The molecule has 0 spiro atoms. The number of para-hydroxylation sites is 4. The van der Waals surface area contributed by atoms with Gasteiger partial charge in [-0.05, 0) is 88.0 Å². The third kappa shape index (κ3) is 3.64. The highest BCUT2D eigenvalue weighted by Crippen LogP contribution is 2.57. The maximum absolute atomic E-state index is 2.47. The largest absolute Gasteiger partial charge is 0.355 e. The lowest BCUT2D eigenvalue weighted by Crippen LogP contribution is -2.29. The first-order valence-electron chi connectivity index (χ1n) is 16.7. The van der Waals surface area contributed by atoms with E-state index in [1.165, 1.54) is 77.9 Å². The maximum atomic E-state index is 2.47. The molecule has 8 aromatic rings. The van der Waals surface area contributed by atoms with Gasteiger partial charge in [-0.25, -0.2) is 0 Å². The summed E-state index contributed by atoms with van der Waals surface area (Å²) in [6.45, 7) is 0.813. The number of anilines is 3. The summed E-state index contributed by atoms with van der Waals surface area (Å²) in [7, 11) is 2.18. The van der Waals surface area contributed by atoms with Crippen LogP contribution in [0, 0.1) is 0 Å². The molecule has 1 aliphatic heterocycles.